The molecule has 1 radical (unpaired) electrons. The summed E-state index contributed by atoms with van der Waals surface area (Å²) >= 11 is 0. The maximum absolute atomic E-state index is 12.2. The summed E-state index contributed by atoms with van der Waals surface area (Å²) in [6.07, 6.45) is 4.48. The number of nitrogens with one attached hydrogen (secondary N) is 1. The Kier molecular flexibility index (Phi) is 7.56. The van der Waals surface area contributed by atoms with Crippen LogP contribution in [0.1, 0.15) is 5.56 Å². The molecule has 2 amide bonds. The number of benzene rings is 1. The Bertz CT molecular complexity index is 528. The molecular weight excluding hydrogens is 284 g/mol. The molecule has 1 aromatic carbocycles. The molecule has 6 heteroatoms. The first kappa shape index (κ1) is 17.6. The summed E-state index contributed by atoms with van der Waals surface area (Å²) in [6.45, 7) is 0.322. The molecule has 0 aliphatic heterocycles. The van der Waals surface area contributed by atoms with Crippen LogP contribution in [0.4, 0.5) is 4.79 Å². The third-order valence-corrected chi connectivity index (χ3v) is 2.94. The number of carbonyl (C=O) groups excluding carboxylic acids is 3. The highest BCUT2D eigenvalue weighted by atomic mass is 16.5. The maximum Gasteiger partial charge on any atom is 0.318 e. The molecule has 0 heterocycles. The van der Waals surface area contributed by atoms with E-state index in [0.717, 1.165) is 10.5 Å². The van der Waals surface area contributed by atoms with Gasteiger partial charge < -0.3 is 15.0 Å². The molecule has 0 spiro atoms. The number of hydrogen-bond acceptors (Lipinski definition) is 4. The fourth-order valence-corrected chi connectivity index (χ4v) is 1.79. The van der Waals surface area contributed by atoms with Gasteiger partial charge in [-0.05, 0) is 11.6 Å². The third-order valence-electron chi connectivity index (χ3n) is 2.94. The summed E-state index contributed by atoms with van der Waals surface area (Å²) < 4.78 is 4.89. The Morgan fingerprint density at radius 1 is 1.36 bits per heavy atom. The van der Waals surface area contributed by atoms with Crippen LogP contribution in [0.15, 0.2) is 36.4 Å². The van der Waals surface area contributed by atoms with Crippen LogP contribution in [-0.4, -0.2) is 56.4 Å². The SMILES string of the molecule is CNC(=O)N(CCOC)C([C]=O)C(=O)C=Cc1ccccc1. The van der Waals surface area contributed by atoms with Crippen LogP contribution in [0.3, 0.4) is 0 Å². The van der Waals surface area contributed by atoms with Crippen molar-refractivity contribution < 1.29 is 19.1 Å². The van der Waals surface area contributed by atoms with Crippen molar-refractivity contribution in [2.75, 3.05) is 27.3 Å². The molecule has 22 heavy (non-hydrogen) atoms. The van der Waals surface area contributed by atoms with E-state index < -0.39 is 17.9 Å². The zero-order valence-corrected chi connectivity index (χ0v) is 12.6. The van der Waals surface area contributed by atoms with Crippen molar-refractivity contribution in [1.82, 2.24) is 10.2 Å². The quantitative estimate of drug-likeness (QED) is 0.575. The molecule has 1 unspecified atom stereocenters. The number of rotatable bonds is 8. The molecular formula is C16H19N2O4. The lowest BCUT2D eigenvalue weighted by Crippen LogP contribution is -2.50. The second kappa shape index (κ2) is 9.46. The van der Waals surface area contributed by atoms with Crippen molar-refractivity contribution in [3.63, 3.8) is 0 Å². The minimum absolute atomic E-state index is 0.112. The Hall–Kier alpha value is -2.47. The van der Waals surface area contributed by atoms with E-state index in [0.29, 0.717) is 0 Å². The van der Waals surface area contributed by atoms with Crippen LogP contribution in [0.25, 0.3) is 6.08 Å². The van der Waals surface area contributed by atoms with E-state index in [1.165, 1.54) is 20.2 Å². The van der Waals surface area contributed by atoms with Crippen molar-refractivity contribution >= 4 is 24.2 Å². The first-order chi connectivity index (χ1) is 10.6. The lowest BCUT2D eigenvalue weighted by Gasteiger charge is -2.25. The highest BCUT2D eigenvalue weighted by molar-refractivity contribution is 6.08. The summed E-state index contributed by atoms with van der Waals surface area (Å²) in [5.41, 5.74) is 0.823. The molecule has 1 rings (SSSR count). The number of methoxy groups -OCH3 is 1. The van der Waals surface area contributed by atoms with E-state index in [9.17, 15) is 14.4 Å². The number of urea groups is 1. The largest absolute Gasteiger partial charge is 0.383 e. The van der Waals surface area contributed by atoms with E-state index >= 15 is 0 Å². The van der Waals surface area contributed by atoms with Crippen LogP contribution in [-0.2, 0) is 14.3 Å². The lowest BCUT2D eigenvalue weighted by molar-refractivity contribution is -0.116. The number of nitrogens with zero attached hydrogens (tertiary/aromatic N) is 1. The smallest absolute Gasteiger partial charge is 0.318 e. The van der Waals surface area contributed by atoms with Gasteiger partial charge in [0.25, 0.3) is 0 Å². The molecule has 0 saturated carbocycles. The summed E-state index contributed by atoms with van der Waals surface area (Å²) in [7, 11) is 2.90. The number of ketones is 1. The molecule has 0 fully saturated rings. The zero-order valence-electron chi connectivity index (χ0n) is 12.6. The van der Waals surface area contributed by atoms with Gasteiger partial charge in [0.2, 0.25) is 6.29 Å². The minimum Gasteiger partial charge on any atom is -0.383 e. The molecule has 6 nitrogen and oxygen atoms in total. The lowest BCUT2D eigenvalue weighted by atomic mass is 10.1. The highest BCUT2D eigenvalue weighted by Crippen LogP contribution is 2.05. The first-order valence-corrected chi connectivity index (χ1v) is 6.76. The van der Waals surface area contributed by atoms with Crippen molar-refractivity contribution in [2.24, 2.45) is 0 Å². The standard InChI is InChI=1S/C16H19N2O4/c1-17-16(21)18(10-11-22-2)14(12-19)15(20)9-8-13-6-4-3-5-7-13/h3-9,14H,10-11H2,1-2H3,(H,17,21). The topological polar surface area (TPSA) is 75.7 Å². The second-order valence-corrected chi connectivity index (χ2v) is 4.41. The summed E-state index contributed by atoms with van der Waals surface area (Å²) in [6, 6.07) is 7.35. The van der Waals surface area contributed by atoms with Gasteiger partial charge in [-0.3, -0.25) is 9.59 Å². The molecule has 1 N–H and O–H groups in total. The maximum atomic E-state index is 12.2. The normalized spacial score (nSPS) is 11.9. The Labute approximate surface area is 129 Å². The van der Waals surface area contributed by atoms with E-state index in [2.05, 4.69) is 5.32 Å². The molecule has 0 aromatic heterocycles. The van der Waals surface area contributed by atoms with E-state index in [1.807, 2.05) is 30.3 Å². The monoisotopic (exact) mass is 303 g/mol. The van der Waals surface area contributed by atoms with Crippen molar-refractivity contribution in [3.8, 4) is 0 Å². The second-order valence-electron chi connectivity index (χ2n) is 4.41. The van der Waals surface area contributed by atoms with Crippen LogP contribution in [0.2, 0.25) is 0 Å². The summed E-state index contributed by atoms with van der Waals surface area (Å²) in [5, 5.41) is 2.39. The van der Waals surface area contributed by atoms with Gasteiger partial charge >= 0.3 is 6.03 Å². The van der Waals surface area contributed by atoms with Gasteiger partial charge in [0.1, 0.15) is 0 Å². The molecule has 0 aliphatic rings. The minimum atomic E-state index is -1.30. The fourth-order valence-electron chi connectivity index (χ4n) is 1.79. The van der Waals surface area contributed by atoms with Crippen molar-refractivity contribution in [2.45, 2.75) is 6.04 Å². The average molecular weight is 303 g/mol. The van der Waals surface area contributed by atoms with Gasteiger partial charge in [-0.25, -0.2) is 4.79 Å². The molecule has 0 aliphatic carbocycles. The number of carbonyl (C=O) groups is 2. The van der Waals surface area contributed by atoms with Gasteiger partial charge in [-0.15, -0.1) is 0 Å². The van der Waals surface area contributed by atoms with Crippen LogP contribution in [0.5, 0.6) is 0 Å². The summed E-state index contributed by atoms with van der Waals surface area (Å²) in [5.74, 6) is -0.515. The number of amides is 2. The van der Waals surface area contributed by atoms with Crippen molar-refractivity contribution in [3.05, 3.63) is 42.0 Å². The Morgan fingerprint density at radius 2 is 2.05 bits per heavy atom. The average Bonchev–Trinajstić information content (AvgIpc) is 2.56. The highest BCUT2D eigenvalue weighted by Gasteiger charge is 2.28. The van der Waals surface area contributed by atoms with Crippen LogP contribution >= 0.6 is 0 Å². The van der Waals surface area contributed by atoms with E-state index in [4.69, 9.17) is 4.74 Å². The van der Waals surface area contributed by atoms with E-state index in [1.54, 1.807) is 12.4 Å². The molecule has 0 saturated heterocycles. The number of ether oxygens (including phenoxy) is 1. The summed E-state index contributed by atoms with van der Waals surface area (Å²) in [4.78, 5) is 36.2. The molecule has 1 aromatic rings. The molecule has 1 atom stereocenters. The fraction of sp³-hybridized carbons (Fsp3) is 0.312. The first-order valence-electron chi connectivity index (χ1n) is 6.76. The van der Waals surface area contributed by atoms with Gasteiger partial charge in [-0.2, -0.15) is 0 Å². The Balaban J connectivity index is 2.86. The van der Waals surface area contributed by atoms with Crippen molar-refractivity contribution in [1.29, 1.82) is 0 Å². The zero-order chi connectivity index (χ0) is 16.4. The van der Waals surface area contributed by atoms with Gasteiger partial charge in [-0.1, -0.05) is 36.4 Å². The number of hydrogen-bond donors (Lipinski definition) is 1. The van der Waals surface area contributed by atoms with Crippen LogP contribution in [0, 0.1) is 0 Å². The van der Waals surface area contributed by atoms with E-state index in [-0.39, 0.29) is 13.2 Å². The molecule has 0 bridgehead atoms. The molecule has 117 valence electrons. The van der Waals surface area contributed by atoms with Gasteiger partial charge in [0.05, 0.1) is 6.61 Å². The predicted octanol–water partition coefficient (Wildman–Crippen LogP) is 1.03. The van der Waals surface area contributed by atoms with Crippen LogP contribution < -0.4 is 5.32 Å². The Morgan fingerprint density at radius 3 is 2.59 bits per heavy atom. The van der Waals surface area contributed by atoms with Gasteiger partial charge in [0.15, 0.2) is 11.8 Å². The predicted molar refractivity (Wildman–Crippen MR) is 83.0 cm³/mol. The third kappa shape index (κ3) is 5.14. The van der Waals surface area contributed by atoms with Gasteiger partial charge in [0, 0.05) is 20.7 Å².